The minimum absolute atomic E-state index is 0.0784. The summed E-state index contributed by atoms with van der Waals surface area (Å²) in [6, 6.07) is 6.66. The SMILES string of the molecule is N[C@@H]1CCCC[C@@H]1NS(=O)(=O)c1ccc(CBr)cc1. The van der Waals surface area contributed by atoms with Crippen LogP contribution in [0.2, 0.25) is 0 Å². The molecule has 0 radical (unpaired) electrons. The summed E-state index contributed by atoms with van der Waals surface area (Å²) in [6.07, 6.45) is 3.82. The van der Waals surface area contributed by atoms with Crippen molar-refractivity contribution in [2.24, 2.45) is 5.73 Å². The summed E-state index contributed by atoms with van der Waals surface area (Å²) >= 11 is 3.34. The van der Waals surface area contributed by atoms with Crippen LogP contribution in [0.5, 0.6) is 0 Å². The molecule has 0 aliphatic heterocycles. The molecule has 1 saturated carbocycles. The van der Waals surface area contributed by atoms with Gasteiger partial charge in [0, 0.05) is 17.4 Å². The Balaban J connectivity index is 2.12. The highest BCUT2D eigenvalue weighted by Gasteiger charge is 2.26. The smallest absolute Gasteiger partial charge is 0.240 e. The highest BCUT2D eigenvalue weighted by atomic mass is 79.9. The number of nitrogens with two attached hydrogens (primary N) is 1. The van der Waals surface area contributed by atoms with Gasteiger partial charge >= 0.3 is 0 Å². The van der Waals surface area contributed by atoms with E-state index in [4.69, 9.17) is 5.73 Å². The third-order valence-corrected chi connectivity index (χ3v) is 5.67. The van der Waals surface area contributed by atoms with Crippen LogP contribution in [0, 0.1) is 0 Å². The maximum Gasteiger partial charge on any atom is 0.240 e. The van der Waals surface area contributed by atoms with Crippen LogP contribution in [-0.2, 0) is 15.4 Å². The van der Waals surface area contributed by atoms with Gasteiger partial charge in [-0.2, -0.15) is 0 Å². The van der Waals surface area contributed by atoms with Crippen molar-refractivity contribution >= 4 is 26.0 Å². The zero-order valence-electron chi connectivity index (χ0n) is 10.7. The second kappa shape index (κ2) is 6.35. The number of benzene rings is 1. The van der Waals surface area contributed by atoms with Crippen LogP contribution < -0.4 is 10.5 Å². The molecule has 0 heterocycles. The number of sulfonamides is 1. The summed E-state index contributed by atoms with van der Waals surface area (Å²) < 4.78 is 27.3. The molecule has 0 aromatic heterocycles. The third-order valence-electron chi connectivity index (χ3n) is 3.51. The van der Waals surface area contributed by atoms with Crippen molar-refractivity contribution in [1.29, 1.82) is 0 Å². The quantitative estimate of drug-likeness (QED) is 0.820. The van der Waals surface area contributed by atoms with Crippen LogP contribution in [0.25, 0.3) is 0 Å². The number of alkyl halides is 1. The van der Waals surface area contributed by atoms with E-state index < -0.39 is 10.0 Å². The molecule has 1 fully saturated rings. The van der Waals surface area contributed by atoms with E-state index in [-0.39, 0.29) is 12.1 Å². The summed E-state index contributed by atoms with van der Waals surface area (Å²) in [6.45, 7) is 0. The number of halogens is 1. The Morgan fingerprint density at radius 1 is 1.21 bits per heavy atom. The van der Waals surface area contributed by atoms with E-state index in [2.05, 4.69) is 20.7 Å². The first-order valence-corrected chi connectivity index (χ1v) is 9.06. The molecule has 0 saturated heterocycles. The number of hydrogen-bond acceptors (Lipinski definition) is 3. The standard InChI is InChI=1S/C13H19BrN2O2S/c14-9-10-5-7-11(8-6-10)19(17,18)16-13-4-2-1-3-12(13)15/h5-8,12-13,16H,1-4,9,15H2/t12-,13+/m1/s1. The molecule has 0 bridgehead atoms. The fraction of sp³-hybridized carbons (Fsp3) is 0.538. The molecule has 2 rings (SSSR count). The van der Waals surface area contributed by atoms with Gasteiger partial charge in [-0.15, -0.1) is 0 Å². The highest BCUT2D eigenvalue weighted by Crippen LogP contribution is 2.20. The number of nitrogens with one attached hydrogen (secondary N) is 1. The van der Waals surface area contributed by atoms with E-state index in [1.807, 2.05) is 12.1 Å². The molecule has 3 N–H and O–H groups in total. The third kappa shape index (κ3) is 3.78. The van der Waals surface area contributed by atoms with Crippen molar-refractivity contribution in [3.8, 4) is 0 Å². The average Bonchev–Trinajstić information content (AvgIpc) is 2.41. The molecule has 1 aliphatic rings. The van der Waals surface area contributed by atoms with Crippen LogP contribution in [0.3, 0.4) is 0 Å². The maximum absolute atomic E-state index is 12.3. The predicted octanol–water partition coefficient (Wildman–Crippen LogP) is 2.13. The monoisotopic (exact) mass is 346 g/mol. The van der Waals surface area contributed by atoms with Crippen LogP contribution in [0.4, 0.5) is 0 Å². The fourth-order valence-electron chi connectivity index (χ4n) is 2.33. The molecule has 4 nitrogen and oxygen atoms in total. The Labute approximate surface area is 122 Å². The van der Waals surface area contributed by atoms with Gasteiger partial charge in [0.1, 0.15) is 0 Å². The normalized spacial score (nSPS) is 24.3. The highest BCUT2D eigenvalue weighted by molar-refractivity contribution is 9.08. The van der Waals surface area contributed by atoms with Crippen LogP contribution in [0.1, 0.15) is 31.2 Å². The Kier molecular flexibility index (Phi) is 5.00. The number of rotatable bonds is 4. The van der Waals surface area contributed by atoms with Crippen molar-refractivity contribution in [3.05, 3.63) is 29.8 Å². The Bertz CT molecular complexity index is 516. The lowest BCUT2D eigenvalue weighted by Gasteiger charge is -2.29. The number of hydrogen-bond donors (Lipinski definition) is 2. The molecule has 2 atom stereocenters. The minimum Gasteiger partial charge on any atom is -0.326 e. The van der Waals surface area contributed by atoms with Crippen molar-refractivity contribution in [1.82, 2.24) is 4.72 Å². The van der Waals surface area contributed by atoms with Gasteiger partial charge in [0.15, 0.2) is 0 Å². The molecule has 0 spiro atoms. The van der Waals surface area contributed by atoms with Gasteiger partial charge in [-0.3, -0.25) is 0 Å². The molecule has 19 heavy (non-hydrogen) atoms. The first kappa shape index (κ1) is 15.0. The van der Waals surface area contributed by atoms with Crippen molar-refractivity contribution in [2.75, 3.05) is 0 Å². The molecule has 0 amide bonds. The molecular formula is C13H19BrN2O2S. The second-order valence-corrected chi connectivity index (χ2v) is 7.23. The largest absolute Gasteiger partial charge is 0.326 e. The lowest BCUT2D eigenvalue weighted by molar-refractivity contribution is 0.361. The lowest BCUT2D eigenvalue weighted by Crippen LogP contribution is -2.49. The van der Waals surface area contributed by atoms with Crippen LogP contribution >= 0.6 is 15.9 Å². The van der Waals surface area contributed by atoms with Gasteiger partial charge in [-0.05, 0) is 30.5 Å². The topological polar surface area (TPSA) is 72.2 Å². The second-order valence-electron chi connectivity index (χ2n) is 4.95. The first-order chi connectivity index (χ1) is 9.03. The van der Waals surface area contributed by atoms with Gasteiger partial charge in [0.25, 0.3) is 0 Å². The Hall–Kier alpha value is -0.430. The van der Waals surface area contributed by atoms with Gasteiger partial charge in [0.2, 0.25) is 10.0 Å². The first-order valence-electron chi connectivity index (χ1n) is 6.46. The van der Waals surface area contributed by atoms with Gasteiger partial charge in [0.05, 0.1) is 4.90 Å². The lowest BCUT2D eigenvalue weighted by atomic mass is 9.92. The van der Waals surface area contributed by atoms with Gasteiger partial charge in [-0.25, -0.2) is 13.1 Å². The van der Waals surface area contributed by atoms with E-state index in [0.29, 0.717) is 10.2 Å². The Morgan fingerprint density at radius 3 is 2.42 bits per heavy atom. The molecule has 0 unspecified atom stereocenters. The molecule has 106 valence electrons. The molecule has 1 aromatic carbocycles. The summed E-state index contributed by atoms with van der Waals surface area (Å²) in [5, 5.41) is 0.717. The van der Waals surface area contributed by atoms with E-state index in [1.165, 1.54) is 0 Å². The van der Waals surface area contributed by atoms with Crippen LogP contribution in [-0.4, -0.2) is 20.5 Å². The minimum atomic E-state index is -3.46. The zero-order valence-corrected chi connectivity index (χ0v) is 13.1. The zero-order chi connectivity index (χ0) is 13.9. The summed E-state index contributed by atoms with van der Waals surface area (Å²) in [5.41, 5.74) is 7.03. The maximum atomic E-state index is 12.3. The fourth-order valence-corrected chi connectivity index (χ4v) is 4.03. The van der Waals surface area contributed by atoms with E-state index in [0.717, 1.165) is 31.2 Å². The average molecular weight is 347 g/mol. The van der Waals surface area contributed by atoms with Gasteiger partial charge < -0.3 is 5.73 Å². The summed E-state index contributed by atoms with van der Waals surface area (Å²) in [5.74, 6) is 0. The molecule has 1 aliphatic carbocycles. The van der Waals surface area contributed by atoms with Crippen LogP contribution in [0.15, 0.2) is 29.2 Å². The van der Waals surface area contributed by atoms with E-state index in [9.17, 15) is 8.42 Å². The molecular weight excluding hydrogens is 328 g/mol. The van der Waals surface area contributed by atoms with Crippen molar-refractivity contribution in [3.63, 3.8) is 0 Å². The predicted molar refractivity (Wildman–Crippen MR) is 79.6 cm³/mol. The van der Waals surface area contributed by atoms with E-state index >= 15 is 0 Å². The Morgan fingerprint density at radius 2 is 1.84 bits per heavy atom. The summed E-state index contributed by atoms with van der Waals surface area (Å²) in [4.78, 5) is 0.301. The van der Waals surface area contributed by atoms with Crippen molar-refractivity contribution in [2.45, 2.75) is 48.0 Å². The van der Waals surface area contributed by atoms with Crippen molar-refractivity contribution < 1.29 is 8.42 Å². The molecule has 1 aromatic rings. The molecule has 6 heteroatoms. The van der Waals surface area contributed by atoms with E-state index in [1.54, 1.807) is 12.1 Å². The summed E-state index contributed by atoms with van der Waals surface area (Å²) in [7, 11) is -3.46. The van der Waals surface area contributed by atoms with Gasteiger partial charge in [-0.1, -0.05) is 40.9 Å².